The third kappa shape index (κ3) is 17.8. The van der Waals surface area contributed by atoms with Gasteiger partial charge in [-0.05, 0) is 37.5 Å². The fraction of sp³-hybridized carbons (Fsp3) is 0.900. The van der Waals surface area contributed by atoms with Crippen molar-refractivity contribution in [2.75, 3.05) is 19.8 Å². The Morgan fingerprint density at radius 3 is 1.89 bits per heavy atom. The van der Waals surface area contributed by atoms with Crippen molar-refractivity contribution in [3.8, 4) is 0 Å². The van der Waals surface area contributed by atoms with Crippen molar-refractivity contribution in [1.82, 2.24) is 0 Å². The molecule has 3 unspecified atom stereocenters. The summed E-state index contributed by atoms with van der Waals surface area (Å²) in [7, 11) is 0. The van der Waals surface area contributed by atoms with Crippen LogP contribution in [0.2, 0.25) is 0 Å². The molecule has 0 radical (unpaired) electrons. The van der Waals surface area contributed by atoms with Gasteiger partial charge in [0, 0.05) is 12.3 Å². The van der Waals surface area contributed by atoms with Crippen LogP contribution in [-0.4, -0.2) is 37.7 Å². The topological polar surface area (TPSA) is 78.9 Å². The van der Waals surface area contributed by atoms with E-state index in [1.54, 1.807) is 0 Å². The zero-order valence-corrected chi connectivity index (χ0v) is 23.5. The van der Waals surface area contributed by atoms with E-state index in [4.69, 9.17) is 14.2 Å². The molecule has 0 bridgehead atoms. The number of hydrogen-bond donors (Lipinski definition) is 0. The van der Waals surface area contributed by atoms with Gasteiger partial charge in [0.25, 0.3) is 0 Å². The Morgan fingerprint density at radius 2 is 1.28 bits per heavy atom. The molecule has 0 aliphatic heterocycles. The standard InChI is InChI=1S/C30H54O6/c1-4-6-8-10-12-14-16-28(31)35-24-27(21-29(32)34-19-15-13-11-9-7-5-2)22-30(33)36-23-26-18-17-25(3)20-26/h25-27H,4-24H2,1-3H3. The lowest BCUT2D eigenvalue weighted by Crippen LogP contribution is -2.23. The summed E-state index contributed by atoms with van der Waals surface area (Å²) in [5, 5.41) is 0. The highest BCUT2D eigenvalue weighted by atomic mass is 16.5. The van der Waals surface area contributed by atoms with Gasteiger partial charge in [0.2, 0.25) is 0 Å². The normalized spacial score (nSPS) is 18.1. The van der Waals surface area contributed by atoms with E-state index in [1.165, 1.54) is 44.9 Å². The van der Waals surface area contributed by atoms with Crippen molar-refractivity contribution in [1.29, 1.82) is 0 Å². The third-order valence-electron chi connectivity index (χ3n) is 7.17. The van der Waals surface area contributed by atoms with E-state index in [1.807, 2.05) is 0 Å². The van der Waals surface area contributed by atoms with Crippen molar-refractivity contribution in [2.45, 2.75) is 136 Å². The number of carbonyl (C=O) groups excluding carboxylic acids is 3. The lowest BCUT2D eigenvalue weighted by atomic mass is 10.0. The number of hydrogen-bond acceptors (Lipinski definition) is 6. The maximum absolute atomic E-state index is 12.5. The molecule has 1 aliphatic carbocycles. The van der Waals surface area contributed by atoms with Crippen molar-refractivity contribution in [2.24, 2.45) is 17.8 Å². The predicted octanol–water partition coefficient (Wildman–Crippen LogP) is 7.56. The molecule has 36 heavy (non-hydrogen) atoms. The Morgan fingerprint density at radius 1 is 0.694 bits per heavy atom. The summed E-state index contributed by atoms with van der Waals surface area (Å²) in [4.78, 5) is 37.1. The maximum atomic E-state index is 12.5. The molecule has 0 N–H and O–H groups in total. The molecule has 0 aromatic carbocycles. The van der Waals surface area contributed by atoms with Crippen LogP contribution in [0.5, 0.6) is 0 Å². The van der Waals surface area contributed by atoms with E-state index in [0.29, 0.717) is 31.5 Å². The van der Waals surface area contributed by atoms with Crippen LogP contribution in [0.25, 0.3) is 0 Å². The van der Waals surface area contributed by atoms with Crippen molar-refractivity contribution >= 4 is 17.9 Å². The van der Waals surface area contributed by atoms with E-state index in [0.717, 1.165) is 51.4 Å². The van der Waals surface area contributed by atoms with Gasteiger partial charge in [-0.3, -0.25) is 14.4 Å². The average molecular weight is 511 g/mol. The van der Waals surface area contributed by atoms with E-state index in [9.17, 15) is 14.4 Å². The molecule has 1 fully saturated rings. The Kier molecular flexibility index (Phi) is 19.4. The molecule has 210 valence electrons. The lowest BCUT2D eigenvalue weighted by Gasteiger charge is -2.17. The zero-order chi connectivity index (χ0) is 26.4. The summed E-state index contributed by atoms with van der Waals surface area (Å²) in [6.07, 6.45) is 17.3. The summed E-state index contributed by atoms with van der Waals surface area (Å²) >= 11 is 0. The molecule has 0 heterocycles. The minimum Gasteiger partial charge on any atom is -0.466 e. The first-order valence-electron chi connectivity index (χ1n) is 14.9. The second-order valence-corrected chi connectivity index (χ2v) is 10.9. The van der Waals surface area contributed by atoms with Gasteiger partial charge in [0.15, 0.2) is 0 Å². The fourth-order valence-corrected chi connectivity index (χ4v) is 4.87. The summed E-state index contributed by atoms with van der Waals surface area (Å²) in [6.45, 7) is 7.50. The lowest BCUT2D eigenvalue weighted by molar-refractivity contribution is -0.154. The van der Waals surface area contributed by atoms with Crippen LogP contribution in [0.4, 0.5) is 0 Å². The molecule has 1 rings (SSSR count). The van der Waals surface area contributed by atoms with Crippen LogP contribution in [0.1, 0.15) is 136 Å². The van der Waals surface area contributed by atoms with E-state index in [2.05, 4.69) is 20.8 Å². The van der Waals surface area contributed by atoms with Gasteiger partial charge in [-0.2, -0.15) is 0 Å². The van der Waals surface area contributed by atoms with Gasteiger partial charge in [-0.25, -0.2) is 0 Å². The van der Waals surface area contributed by atoms with Gasteiger partial charge >= 0.3 is 17.9 Å². The first-order valence-corrected chi connectivity index (χ1v) is 14.9. The van der Waals surface area contributed by atoms with Crippen LogP contribution in [0.3, 0.4) is 0 Å². The van der Waals surface area contributed by atoms with Crippen LogP contribution in [0, 0.1) is 17.8 Å². The Balaban J connectivity index is 2.38. The number of esters is 3. The van der Waals surface area contributed by atoms with Crippen molar-refractivity contribution in [3.63, 3.8) is 0 Å². The van der Waals surface area contributed by atoms with Crippen molar-refractivity contribution in [3.05, 3.63) is 0 Å². The van der Waals surface area contributed by atoms with Gasteiger partial charge in [0.1, 0.15) is 0 Å². The van der Waals surface area contributed by atoms with Crippen LogP contribution < -0.4 is 0 Å². The third-order valence-corrected chi connectivity index (χ3v) is 7.17. The largest absolute Gasteiger partial charge is 0.466 e. The fourth-order valence-electron chi connectivity index (χ4n) is 4.87. The molecule has 6 heteroatoms. The van der Waals surface area contributed by atoms with Crippen LogP contribution in [0.15, 0.2) is 0 Å². The predicted molar refractivity (Wildman–Crippen MR) is 143 cm³/mol. The molecular formula is C30H54O6. The summed E-state index contributed by atoms with van der Waals surface area (Å²) in [5.41, 5.74) is 0. The summed E-state index contributed by atoms with van der Waals surface area (Å²) in [5.74, 6) is -0.211. The molecular weight excluding hydrogens is 456 g/mol. The number of carbonyl (C=O) groups is 3. The van der Waals surface area contributed by atoms with Crippen LogP contribution in [-0.2, 0) is 28.6 Å². The molecule has 0 aromatic rings. The molecule has 0 amide bonds. The van der Waals surface area contributed by atoms with E-state index in [-0.39, 0.29) is 37.4 Å². The Bertz CT molecular complexity index is 590. The van der Waals surface area contributed by atoms with Crippen molar-refractivity contribution < 1.29 is 28.6 Å². The van der Waals surface area contributed by atoms with E-state index >= 15 is 0 Å². The molecule has 0 aromatic heterocycles. The summed E-state index contributed by atoms with van der Waals surface area (Å²) in [6, 6.07) is 0. The average Bonchev–Trinajstić information content (AvgIpc) is 3.28. The molecule has 6 nitrogen and oxygen atoms in total. The first-order chi connectivity index (χ1) is 17.4. The molecule has 0 saturated heterocycles. The Hall–Kier alpha value is -1.59. The van der Waals surface area contributed by atoms with Gasteiger partial charge in [-0.15, -0.1) is 0 Å². The first kappa shape index (κ1) is 32.4. The molecule has 1 saturated carbocycles. The maximum Gasteiger partial charge on any atom is 0.306 e. The highest BCUT2D eigenvalue weighted by molar-refractivity contribution is 5.73. The monoisotopic (exact) mass is 510 g/mol. The second-order valence-electron chi connectivity index (χ2n) is 10.9. The van der Waals surface area contributed by atoms with E-state index < -0.39 is 5.92 Å². The minimum absolute atomic E-state index is 0.0519. The quantitative estimate of drug-likeness (QED) is 0.0849. The molecule has 3 atom stereocenters. The molecule has 1 aliphatic rings. The molecule has 0 spiro atoms. The van der Waals surface area contributed by atoms with Gasteiger partial charge in [-0.1, -0.05) is 91.4 Å². The smallest absolute Gasteiger partial charge is 0.306 e. The highest BCUT2D eigenvalue weighted by Gasteiger charge is 2.25. The number of unbranched alkanes of at least 4 members (excludes halogenated alkanes) is 10. The van der Waals surface area contributed by atoms with Gasteiger partial charge in [0.05, 0.1) is 32.7 Å². The highest BCUT2D eigenvalue weighted by Crippen LogP contribution is 2.30. The number of rotatable bonds is 22. The zero-order valence-electron chi connectivity index (χ0n) is 23.5. The van der Waals surface area contributed by atoms with Gasteiger partial charge < -0.3 is 14.2 Å². The minimum atomic E-state index is -0.412. The van der Waals surface area contributed by atoms with Crippen LogP contribution >= 0.6 is 0 Å². The SMILES string of the molecule is CCCCCCCCOC(=O)CC(COC(=O)CCCCCCCC)CC(=O)OCC1CCC(C)C1. The summed E-state index contributed by atoms with van der Waals surface area (Å²) < 4.78 is 16.4. The number of ether oxygens (including phenoxy) is 3. The Labute approximate surface area is 220 Å². The second kappa shape index (κ2) is 21.5.